The Morgan fingerprint density at radius 2 is 0.880 bits per heavy atom. The Labute approximate surface area is 320 Å². The van der Waals surface area contributed by atoms with Gasteiger partial charge in [0.2, 0.25) is 0 Å². The Morgan fingerprint density at radius 1 is 0.400 bits per heavy atom. The Hall–Kier alpha value is -0.260. The first-order chi connectivity index (χ1) is 23.4. The molecule has 50 heavy (non-hydrogen) atoms. The van der Waals surface area contributed by atoms with Crippen LogP contribution in [0.3, 0.4) is 0 Å². The van der Waals surface area contributed by atoms with Crippen LogP contribution in [0.15, 0.2) is 12.7 Å². The van der Waals surface area contributed by atoms with Crippen molar-refractivity contribution in [3.63, 3.8) is 0 Å². The van der Waals surface area contributed by atoms with Gasteiger partial charge in [-0.1, -0.05) is 201 Å². The quantitative estimate of drug-likeness (QED) is 0.0499. The fraction of sp³-hybridized carbons (Fsp3) is 0.960. The molecule has 0 heteroatoms. The van der Waals surface area contributed by atoms with Crippen molar-refractivity contribution >= 4 is 0 Å². The van der Waals surface area contributed by atoms with Crippen molar-refractivity contribution in [3.05, 3.63) is 12.7 Å². The highest BCUT2D eigenvalue weighted by molar-refractivity contribution is 4.89. The lowest BCUT2D eigenvalue weighted by Crippen LogP contribution is -2.36. The zero-order valence-electron chi connectivity index (χ0n) is 38.1. The van der Waals surface area contributed by atoms with Crippen molar-refractivity contribution in [1.29, 1.82) is 0 Å². The van der Waals surface area contributed by atoms with Gasteiger partial charge in [0.05, 0.1) is 0 Å². The van der Waals surface area contributed by atoms with Crippen molar-refractivity contribution in [3.8, 4) is 0 Å². The zero-order chi connectivity index (χ0) is 38.6. The van der Waals surface area contributed by atoms with Crippen LogP contribution in [0.4, 0.5) is 0 Å². The van der Waals surface area contributed by atoms with Gasteiger partial charge in [0.25, 0.3) is 0 Å². The molecule has 0 aromatic carbocycles. The molecule has 0 aromatic heterocycles. The van der Waals surface area contributed by atoms with Gasteiger partial charge in [0.15, 0.2) is 0 Å². The van der Waals surface area contributed by atoms with E-state index in [1.165, 1.54) is 96.3 Å². The van der Waals surface area contributed by atoms with Gasteiger partial charge in [-0.05, 0) is 114 Å². The zero-order valence-corrected chi connectivity index (χ0v) is 38.1. The maximum Gasteiger partial charge on any atom is -0.0231 e. The summed E-state index contributed by atoms with van der Waals surface area (Å²) >= 11 is 0. The van der Waals surface area contributed by atoms with Crippen molar-refractivity contribution in [2.75, 3.05) is 0 Å². The van der Waals surface area contributed by atoms with E-state index in [1.54, 1.807) is 0 Å². The van der Waals surface area contributed by atoms with Crippen LogP contribution in [0.25, 0.3) is 0 Å². The Morgan fingerprint density at radius 3 is 1.34 bits per heavy atom. The summed E-state index contributed by atoms with van der Waals surface area (Å²) in [5.74, 6) is 12.5. The summed E-state index contributed by atoms with van der Waals surface area (Å²) in [6.07, 6.45) is 23.0. The van der Waals surface area contributed by atoms with E-state index in [-0.39, 0.29) is 0 Å². The molecule has 0 radical (unpaired) electrons. The van der Waals surface area contributed by atoms with E-state index in [2.05, 4.69) is 130 Å². The van der Waals surface area contributed by atoms with Crippen molar-refractivity contribution < 1.29 is 0 Å². The van der Waals surface area contributed by atoms with Crippen LogP contribution in [0, 0.1) is 94.7 Å². The number of hydrogen-bond acceptors (Lipinski definition) is 0. The molecule has 300 valence electrons. The van der Waals surface area contributed by atoms with Crippen LogP contribution >= 0.6 is 0 Å². The molecule has 0 saturated heterocycles. The molecular weight excluding hydrogens is 601 g/mol. The molecule has 0 heterocycles. The molecule has 0 saturated carbocycles. The molecule has 0 aliphatic rings. The van der Waals surface area contributed by atoms with Crippen molar-refractivity contribution in [1.82, 2.24) is 0 Å². The first kappa shape index (κ1) is 49.7. The molecule has 13 unspecified atom stereocenters. The Balaban J connectivity index is 6.28. The molecule has 0 amide bonds. The van der Waals surface area contributed by atoms with Crippen LogP contribution < -0.4 is 0 Å². The van der Waals surface area contributed by atoms with Gasteiger partial charge in [-0.3, -0.25) is 0 Å². The van der Waals surface area contributed by atoms with Gasteiger partial charge >= 0.3 is 0 Å². The predicted molar refractivity (Wildman–Crippen MR) is 232 cm³/mol. The molecule has 0 aromatic rings. The van der Waals surface area contributed by atoms with E-state index in [0.29, 0.717) is 5.92 Å². The summed E-state index contributed by atoms with van der Waals surface area (Å²) in [5.41, 5.74) is 0. The highest BCUT2D eigenvalue weighted by Crippen LogP contribution is 2.46. The number of unbranched alkanes of at least 4 members (excludes halogenated alkanes) is 4. The first-order valence-electron chi connectivity index (χ1n) is 23.1. The van der Waals surface area contributed by atoms with Crippen molar-refractivity contribution in [2.24, 2.45) is 94.7 Å². The van der Waals surface area contributed by atoms with Gasteiger partial charge in [-0.2, -0.15) is 0 Å². The van der Waals surface area contributed by atoms with Crippen molar-refractivity contribution in [2.45, 2.75) is 214 Å². The SMILES string of the molecule is C=CC(CC(C)C(C)C)CC(C)C(C)C(C(C)CCC(C)C(C(C)C(C)CCCC)C(C)C(C)CCCC(C)C)C(CCCCCC)C(C)C. The summed E-state index contributed by atoms with van der Waals surface area (Å²) in [5, 5.41) is 0. The maximum absolute atomic E-state index is 4.35. The lowest BCUT2D eigenvalue weighted by molar-refractivity contribution is 0.0573. The van der Waals surface area contributed by atoms with Gasteiger partial charge < -0.3 is 0 Å². The standard InChI is InChI=1S/C50H100/c1-19-22-24-25-30-48(37(8)9)50(46(18)43(15)34-47(21-3)33-42(14)36(6)7)41(13)32-31-40(12)49(44(16)38(10)28-23-20-2)45(17)39(11)29-26-27-35(4)5/h21,35-50H,3,19-20,22-34H2,1-2,4-18H3. The minimum atomic E-state index is 0.642. The van der Waals surface area contributed by atoms with E-state index < -0.39 is 0 Å². The van der Waals surface area contributed by atoms with E-state index in [9.17, 15) is 0 Å². The molecule has 0 nitrogen and oxygen atoms in total. The minimum Gasteiger partial charge on any atom is -0.103 e. The third kappa shape index (κ3) is 18.7. The van der Waals surface area contributed by atoms with E-state index in [0.717, 1.165) is 88.8 Å². The first-order valence-corrected chi connectivity index (χ1v) is 23.1. The van der Waals surface area contributed by atoms with Crippen LogP contribution in [-0.4, -0.2) is 0 Å². The molecule has 0 rings (SSSR count). The fourth-order valence-electron chi connectivity index (χ4n) is 10.3. The molecule has 0 aliphatic heterocycles. The smallest absolute Gasteiger partial charge is 0.0231 e. The summed E-state index contributed by atoms with van der Waals surface area (Å²) < 4.78 is 0. The van der Waals surface area contributed by atoms with Crippen LogP contribution in [0.2, 0.25) is 0 Å². The third-order valence-corrected chi connectivity index (χ3v) is 14.9. The highest BCUT2D eigenvalue weighted by Gasteiger charge is 2.38. The Bertz CT molecular complexity index is 790. The van der Waals surface area contributed by atoms with E-state index in [4.69, 9.17) is 0 Å². The summed E-state index contributed by atoms with van der Waals surface area (Å²) in [7, 11) is 0. The maximum atomic E-state index is 4.35. The molecule has 0 spiro atoms. The van der Waals surface area contributed by atoms with Gasteiger partial charge in [0.1, 0.15) is 0 Å². The summed E-state index contributed by atoms with van der Waals surface area (Å²) in [6, 6.07) is 0. The number of allylic oxidation sites excluding steroid dienone is 1. The van der Waals surface area contributed by atoms with Crippen LogP contribution in [0.5, 0.6) is 0 Å². The lowest BCUT2D eigenvalue weighted by atomic mass is 9.62. The van der Waals surface area contributed by atoms with Gasteiger partial charge in [0, 0.05) is 0 Å². The molecule has 0 N–H and O–H groups in total. The monoisotopic (exact) mass is 701 g/mol. The van der Waals surface area contributed by atoms with Crippen LogP contribution in [0.1, 0.15) is 214 Å². The highest BCUT2D eigenvalue weighted by atomic mass is 14.4. The average Bonchev–Trinajstić information content (AvgIpc) is 3.06. The minimum absolute atomic E-state index is 0.642. The second kappa shape index (κ2) is 27.3. The van der Waals surface area contributed by atoms with Gasteiger partial charge in [-0.15, -0.1) is 6.58 Å². The molecule has 0 fully saturated rings. The molecule has 0 aliphatic carbocycles. The normalized spacial score (nSPS) is 20.5. The topological polar surface area (TPSA) is 0 Å². The van der Waals surface area contributed by atoms with Gasteiger partial charge in [-0.25, -0.2) is 0 Å². The third-order valence-electron chi connectivity index (χ3n) is 14.9. The predicted octanol–water partition coefficient (Wildman–Crippen LogP) is 17.2. The van der Waals surface area contributed by atoms with E-state index >= 15 is 0 Å². The second-order valence-electron chi connectivity index (χ2n) is 20.1. The summed E-state index contributed by atoms with van der Waals surface area (Å²) in [4.78, 5) is 0. The summed E-state index contributed by atoms with van der Waals surface area (Å²) in [6.45, 7) is 47.3. The Kier molecular flexibility index (Phi) is 27.2. The average molecular weight is 701 g/mol. The van der Waals surface area contributed by atoms with Crippen LogP contribution in [-0.2, 0) is 0 Å². The second-order valence-corrected chi connectivity index (χ2v) is 20.1. The van der Waals surface area contributed by atoms with E-state index in [1.807, 2.05) is 0 Å². The fourth-order valence-corrected chi connectivity index (χ4v) is 10.3. The number of rotatable bonds is 31. The molecule has 13 atom stereocenters. The molecule has 0 bridgehead atoms. The largest absolute Gasteiger partial charge is 0.103 e. The number of hydrogen-bond donors (Lipinski definition) is 0. The lowest BCUT2D eigenvalue weighted by Gasteiger charge is -2.43. The molecular formula is C50H100.